The van der Waals surface area contributed by atoms with Crippen molar-refractivity contribution in [2.45, 2.75) is 76.0 Å². The highest BCUT2D eigenvalue weighted by molar-refractivity contribution is 7.89. The van der Waals surface area contributed by atoms with Crippen LogP contribution >= 0.6 is 0 Å². The van der Waals surface area contributed by atoms with Crippen molar-refractivity contribution < 1.29 is 43.7 Å². The lowest BCUT2D eigenvalue weighted by molar-refractivity contribution is -0.437. The molecule has 0 fully saturated rings. The minimum Gasteiger partial charge on any atom is -0.344 e. The second-order valence-corrected chi connectivity index (χ2v) is 19.9. The average Bonchev–Trinajstić information content (AvgIpc) is 3.41. The molecular weight excluding hydrogens is 751 g/mol. The number of nitrogens with zero attached hydrogens (tertiary/aromatic N) is 3. The van der Waals surface area contributed by atoms with E-state index in [2.05, 4.69) is 24.8 Å². The molecule has 2 N–H and O–H groups in total. The summed E-state index contributed by atoms with van der Waals surface area (Å²) >= 11 is 0. The number of ketones is 1. The quantitative estimate of drug-likeness (QED) is 0.104. The first-order valence-corrected chi connectivity index (χ1v) is 22.5. The van der Waals surface area contributed by atoms with E-state index in [0.29, 0.717) is 13.0 Å². The first-order chi connectivity index (χ1) is 25.1. The van der Waals surface area contributed by atoms with Gasteiger partial charge >= 0.3 is 0 Å². The molecule has 0 aromatic heterocycles. The van der Waals surface area contributed by atoms with Gasteiger partial charge in [0.25, 0.3) is 20.2 Å². The Kier molecular flexibility index (Phi) is 13.5. The normalized spacial score (nSPS) is 17.9. The molecule has 0 saturated heterocycles. The van der Waals surface area contributed by atoms with Crippen LogP contribution in [-0.2, 0) is 45.9 Å². The van der Waals surface area contributed by atoms with Crippen LogP contribution in [0.3, 0.4) is 0 Å². The third kappa shape index (κ3) is 10.3. The molecule has 2 aliphatic heterocycles. The van der Waals surface area contributed by atoms with Crippen LogP contribution in [0.5, 0.6) is 0 Å². The molecule has 0 atom stereocenters. The standard InChI is InChI=1S/C39H51N3O9S3/c1-30(43)17-14-24-40(6)54(50,51)31-22-23-35-33(29-31)39(4,5)37(42(35)26-16-28-53(47,48)49)21-11-9-7-8-10-20-36-38(2,3)32-18-12-13-19-34(32)41(36)25-15-27-52(44,45)46/h7-13,18-23,29H,14-17,24-28H2,1-6H3,(H-,44,45,46,47,48,49)/p+1. The van der Waals surface area contributed by atoms with Gasteiger partial charge in [-0.25, -0.2) is 12.7 Å². The molecule has 0 saturated carbocycles. The van der Waals surface area contributed by atoms with Crippen LogP contribution in [0, 0.1) is 0 Å². The summed E-state index contributed by atoms with van der Waals surface area (Å²) in [6.45, 7) is 10.5. The first kappa shape index (κ1) is 43.0. The van der Waals surface area contributed by atoms with Gasteiger partial charge in [0, 0.05) is 67.5 Å². The third-order valence-corrected chi connectivity index (χ3v) is 13.4. The van der Waals surface area contributed by atoms with Crippen molar-refractivity contribution in [2.75, 3.05) is 43.1 Å². The fraction of sp³-hybridized carbons (Fsp3) is 0.436. The van der Waals surface area contributed by atoms with Crippen molar-refractivity contribution >= 4 is 53.1 Å². The molecule has 0 unspecified atom stereocenters. The average molecular weight is 803 g/mol. The van der Waals surface area contributed by atoms with Gasteiger partial charge in [-0.2, -0.15) is 21.4 Å². The predicted molar refractivity (Wildman–Crippen MR) is 213 cm³/mol. The highest BCUT2D eigenvalue weighted by Crippen LogP contribution is 2.47. The van der Waals surface area contributed by atoms with Crippen LogP contribution in [0.25, 0.3) is 0 Å². The van der Waals surface area contributed by atoms with Crippen molar-refractivity contribution in [3.05, 3.63) is 102 Å². The largest absolute Gasteiger partial charge is 0.344 e. The number of Topliss-reactive ketones (excluding diaryl/α,β-unsaturated/α-hetero) is 1. The number of sulfonamides is 1. The summed E-state index contributed by atoms with van der Waals surface area (Å²) < 4.78 is 94.7. The number of carbonyl (C=O) groups is 1. The molecule has 294 valence electrons. The van der Waals surface area contributed by atoms with E-state index in [0.717, 1.165) is 33.9 Å². The van der Waals surface area contributed by atoms with Gasteiger partial charge in [-0.3, -0.25) is 9.11 Å². The molecule has 0 amide bonds. The monoisotopic (exact) mass is 802 g/mol. The van der Waals surface area contributed by atoms with Crippen molar-refractivity contribution in [3.8, 4) is 0 Å². The zero-order valence-electron chi connectivity index (χ0n) is 31.8. The maximum absolute atomic E-state index is 13.5. The first-order valence-electron chi connectivity index (χ1n) is 17.8. The van der Waals surface area contributed by atoms with E-state index < -0.39 is 41.4 Å². The van der Waals surface area contributed by atoms with Crippen LogP contribution < -0.4 is 4.90 Å². The Balaban J connectivity index is 1.58. The summed E-state index contributed by atoms with van der Waals surface area (Å²) in [7, 11) is -10.6. The van der Waals surface area contributed by atoms with Crippen LogP contribution in [0.4, 0.5) is 11.4 Å². The number of fused-ring (bicyclic) bond motifs is 2. The zero-order valence-corrected chi connectivity index (χ0v) is 34.2. The number of rotatable bonds is 18. The van der Waals surface area contributed by atoms with Gasteiger partial charge in [0.15, 0.2) is 5.71 Å². The summed E-state index contributed by atoms with van der Waals surface area (Å²) in [6.07, 6.45) is 14.4. The number of allylic oxidation sites excluding steroid dienone is 8. The summed E-state index contributed by atoms with van der Waals surface area (Å²) in [6, 6.07) is 12.9. The van der Waals surface area contributed by atoms with Gasteiger partial charge in [0.1, 0.15) is 12.3 Å². The van der Waals surface area contributed by atoms with E-state index in [-0.39, 0.29) is 54.2 Å². The van der Waals surface area contributed by atoms with Gasteiger partial charge in [-0.1, -0.05) is 62.4 Å². The Morgan fingerprint density at radius 3 is 2.11 bits per heavy atom. The molecule has 0 bridgehead atoms. The van der Waals surface area contributed by atoms with Crippen LogP contribution in [0.1, 0.15) is 71.4 Å². The Morgan fingerprint density at radius 1 is 0.815 bits per heavy atom. The highest BCUT2D eigenvalue weighted by atomic mass is 32.2. The topological polar surface area (TPSA) is 169 Å². The fourth-order valence-electron chi connectivity index (χ4n) is 7.08. The van der Waals surface area contributed by atoms with Crippen molar-refractivity contribution in [3.63, 3.8) is 0 Å². The molecule has 15 heteroatoms. The second kappa shape index (κ2) is 17.0. The Hall–Kier alpha value is -3.73. The number of carbonyl (C=O) groups excluding carboxylic acids is 1. The lowest BCUT2D eigenvalue weighted by Gasteiger charge is -2.27. The lowest BCUT2D eigenvalue weighted by atomic mass is 9.81. The van der Waals surface area contributed by atoms with Crippen LogP contribution in [0.2, 0.25) is 0 Å². The van der Waals surface area contributed by atoms with E-state index in [1.165, 1.54) is 24.3 Å². The SMILES string of the molecule is CC(=O)CCCN(C)S(=O)(=O)c1ccc2c(c1)C(C)(C)C(/C=C/C=C/C=C/C=C1/N(CCCS(=O)(=O)O)c3ccccc3C1(C)C)=[N+]2CCCS(=O)(=O)O. The number of para-hydroxylation sites is 1. The van der Waals surface area contributed by atoms with E-state index in [9.17, 15) is 39.2 Å². The van der Waals surface area contributed by atoms with Gasteiger partial charge in [0.2, 0.25) is 15.7 Å². The number of anilines is 1. The van der Waals surface area contributed by atoms with Gasteiger partial charge in [-0.15, -0.1) is 0 Å². The predicted octanol–water partition coefficient (Wildman–Crippen LogP) is 5.96. The number of hydrogen-bond acceptors (Lipinski definition) is 8. The van der Waals surface area contributed by atoms with Gasteiger partial charge in [0.05, 0.1) is 21.8 Å². The maximum Gasteiger partial charge on any atom is 0.265 e. The molecular formula is C39H52N3O9S3+. The summed E-state index contributed by atoms with van der Waals surface area (Å²) in [4.78, 5) is 13.6. The highest BCUT2D eigenvalue weighted by Gasteiger charge is 2.45. The van der Waals surface area contributed by atoms with E-state index in [4.69, 9.17) is 0 Å². The minimum absolute atomic E-state index is 0.00630. The van der Waals surface area contributed by atoms with Crippen molar-refractivity contribution in [1.29, 1.82) is 0 Å². The number of benzene rings is 2. The molecule has 54 heavy (non-hydrogen) atoms. The molecule has 12 nitrogen and oxygen atoms in total. The summed E-state index contributed by atoms with van der Waals surface area (Å²) in [5, 5.41) is 0. The van der Waals surface area contributed by atoms with E-state index in [1.807, 2.05) is 79.2 Å². The van der Waals surface area contributed by atoms with Gasteiger partial charge < -0.3 is 9.69 Å². The molecule has 2 heterocycles. The summed E-state index contributed by atoms with van der Waals surface area (Å²) in [5.74, 6) is -0.759. The second-order valence-electron chi connectivity index (χ2n) is 14.7. The third-order valence-electron chi connectivity index (χ3n) is 9.89. The lowest BCUT2D eigenvalue weighted by Crippen LogP contribution is -2.29. The van der Waals surface area contributed by atoms with Crippen LogP contribution in [-0.4, -0.2) is 92.9 Å². The van der Waals surface area contributed by atoms with Crippen molar-refractivity contribution in [1.82, 2.24) is 4.31 Å². The zero-order chi connectivity index (χ0) is 40.1. The Bertz CT molecular complexity index is 2230. The molecule has 2 aromatic rings. The molecule has 2 aromatic carbocycles. The van der Waals surface area contributed by atoms with E-state index in [1.54, 1.807) is 12.1 Å². The Morgan fingerprint density at radius 2 is 1.44 bits per heavy atom. The molecule has 4 rings (SSSR count). The molecule has 0 radical (unpaired) electrons. The van der Waals surface area contributed by atoms with Gasteiger partial charge in [-0.05, 0) is 63.5 Å². The maximum atomic E-state index is 13.5. The molecule has 2 aliphatic rings. The Labute approximate surface area is 320 Å². The fourth-order valence-corrected chi connectivity index (χ4v) is 9.31. The molecule has 0 aliphatic carbocycles. The number of hydrogen-bond donors (Lipinski definition) is 2. The van der Waals surface area contributed by atoms with Crippen LogP contribution in [0.15, 0.2) is 95.6 Å². The smallest absolute Gasteiger partial charge is 0.265 e. The van der Waals surface area contributed by atoms with Crippen molar-refractivity contribution in [2.24, 2.45) is 0 Å². The summed E-state index contributed by atoms with van der Waals surface area (Å²) in [5.41, 5.74) is 4.41. The van der Waals surface area contributed by atoms with E-state index >= 15 is 0 Å². The minimum atomic E-state index is -4.18. The molecule has 0 spiro atoms.